The Morgan fingerprint density at radius 1 is 1.07 bits per heavy atom. The Morgan fingerprint density at radius 2 is 1.85 bits per heavy atom. The van der Waals surface area contributed by atoms with Gasteiger partial charge in [-0.3, -0.25) is 29.0 Å². The van der Waals surface area contributed by atoms with Crippen LogP contribution in [0.4, 0.5) is 0 Å². The number of nitrogens with zero attached hydrogens (tertiary/aromatic N) is 5. The van der Waals surface area contributed by atoms with Crippen molar-refractivity contribution in [1.29, 1.82) is 0 Å². The number of amides is 4. The van der Waals surface area contributed by atoms with Gasteiger partial charge in [-0.2, -0.15) is 0 Å². The number of likely N-dealkylation sites (tertiary alicyclic amines) is 2. The predicted octanol–water partition coefficient (Wildman–Crippen LogP) is 5.59. The van der Waals surface area contributed by atoms with E-state index in [1.165, 1.54) is 11.1 Å². The van der Waals surface area contributed by atoms with Gasteiger partial charge < -0.3 is 34.3 Å². The molecule has 2 aromatic carbocycles. The molecule has 4 aromatic rings. The van der Waals surface area contributed by atoms with Gasteiger partial charge in [0.25, 0.3) is 5.91 Å². The summed E-state index contributed by atoms with van der Waals surface area (Å²) in [6.07, 6.45) is 4.43. The van der Waals surface area contributed by atoms with E-state index in [9.17, 15) is 29.1 Å². The Kier molecular flexibility index (Phi) is 13.6. The van der Waals surface area contributed by atoms with E-state index in [0.717, 1.165) is 33.4 Å². The second kappa shape index (κ2) is 19.3. The van der Waals surface area contributed by atoms with Gasteiger partial charge in [-0.1, -0.05) is 58.5 Å². The standard InChI is InChI=1S/C52H65N7O8/c1-8-43(61)56-22-19-52(30-56)20-23-58(50(52)65)45(32(3)4)47(62)54-41-27-33-25-35(28-36(60)26-33)39-16-17-42-44(53-39)38(46(57(42)9-2)37-14-11-10-13-34(37)18-24-66-7)29-51(5,6)31-67-49(64)40-15-12-21-59(55-40)48(41)63/h8,10-11,13-14,16-17,25-26,28,32,40-41,45,55,60H,1,9,12,15,18-24,27,29-31H2,2-7H3,(H,54,62)/t40-,41-,45-,52-/m0/s1. The molecule has 4 aliphatic rings. The third-order valence-corrected chi connectivity index (χ3v) is 14.1. The summed E-state index contributed by atoms with van der Waals surface area (Å²) in [4.78, 5) is 78.8. The van der Waals surface area contributed by atoms with E-state index in [1.54, 1.807) is 29.0 Å². The molecule has 0 aliphatic carbocycles. The van der Waals surface area contributed by atoms with E-state index in [-0.39, 0.29) is 49.6 Å². The van der Waals surface area contributed by atoms with Crippen LogP contribution < -0.4 is 10.7 Å². The van der Waals surface area contributed by atoms with Gasteiger partial charge in [0, 0.05) is 68.4 Å². The fraction of sp³-hybridized carbons (Fsp3) is 0.500. The van der Waals surface area contributed by atoms with Crippen LogP contribution in [-0.4, -0.2) is 124 Å². The topological polar surface area (TPSA) is 176 Å². The number of hydrogen-bond acceptors (Lipinski definition) is 10. The van der Waals surface area contributed by atoms with E-state index in [1.807, 2.05) is 38.1 Å². The molecule has 4 aliphatic heterocycles. The van der Waals surface area contributed by atoms with Gasteiger partial charge in [-0.15, -0.1) is 0 Å². The maximum absolute atomic E-state index is 14.8. The molecule has 0 radical (unpaired) electrons. The minimum Gasteiger partial charge on any atom is -0.508 e. The van der Waals surface area contributed by atoms with Crippen LogP contribution in [0.1, 0.15) is 77.0 Å². The van der Waals surface area contributed by atoms with Crippen molar-refractivity contribution in [3.8, 4) is 28.3 Å². The summed E-state index contributed by atoms with van der Waals surface area (Å²) in [7, 11) is 1.70. The summed E-state index contributed by atoms with van der Waals surface area (Å²) >= 11 is 0. The zero-order valence-corrected chi connectivity index (χ0v) is 39.7. The second-order valence-corrected chi connectivity index (χ2v) is 19.9. The number of aryl methyl sites for hydroxylation is 1. The summed E-state index contributed by atoms with van der Waals surface area (Å²) in [5.74, 6) is -2.21. The van der Waals surface area contributed by atoms with Crippen LogP contribution in [0.2, 0.25) is 0 Å². The Balaban J connectivity index is 1.19. The highest BCUT2D eigenvalue weighted by atomic mass is 16.5. The fourth-order valence-corrected chi connectivity index (χ4v) is 10.8. The van der Waals surface area contributed by atoms with Crippen molar-refractivity contribution in [3.63, 3.8) is 0 Å². The number of nitrogens with one attached hydrogen (secondary N) is 2. The van der Waals surface area contributed by atoms with Gasteiger partial charge in [-0.05, 0) is 98.9 Å². The number of pyridine rings is 1. The molecule has 2 aromatic heterocycles. The number of carbonyl (C=O) groups excluding carboxylic acids is 5. The Morgan fingerprint density at radius 3 is 2.60 bits per heavy atom. The number of fused-ring (bicyclic) bond motifs is 6. The van der Waals surface area contributed by atoms with Crippen LogP contribution >= 0.6 is 0 Å². The molecule has 0 unspecified atom stereocenters. The smallest absolute Gasteiger partial charge is 0.324 e. The van der Waals surface area contributed by atoms with Gasteiger partial charge in [0.05, 0.1) is 41.1 Å². The first-order valence-electron chi connectivity index (χ1n) is 23.8. The summed E-state index contributed by atoms with van der Waals surface area (Å²) in [6.45, 7) is 16.2. The molecule has 3 saturated heterocycles. The number of hydrazine groups is 1. The molecule has 8 rings (SSSR count). The number of carbonyl (C=O) groups is 5. The molecule has 3 fully saturated rings. The number of cyclic esters (lactones) is 1. The summed E-state index contributed by atoms with van der Waals surface area (Å²) < 4.78 is 13.9. The normalized spacial score (nSPS) is 22.6. The molecular formula is C52H65N7O8. The Hall–Kier alpha value is -6.06. The molecule has 4 amide bonds. The van der Waals surface area contributed by atoms with E-state index >= 15 is 0 Å². The van der Waals surface area contributed by atoms with Gasteiger partial charge in [0.15, 0.2) is 0 Å². The highest BCUT2D eigenvalue weighted by molar-refractivity contribution is 5.96. The van der Waals surface area contributed by atoms with Crippen molar-refractivity contribution in [3.05, 3.63) is 83.9 Å². The molecule has 3 N–H and O–H groups in total. The van der Waals surface area contributed by atoms with Gasteiger partial charge >= 0.3 is 5.97 Å². The molecule has 6 bridgehead atoms. The minimum absolute atomic E-state index is 0.0170. The van der Waals surface area contributed by atoms with E-state index < -0.39 is 46.7 Å². The maximum atomic E-state index is 14.8. The molecule has 1 spiro atoms. The Labute approximate surface area is 392 Å². The average Bonchev–Trinajstić information content (AvgIpc) is 3.98. The summed E-state index contributed by atoms with van der Waals surface area (Å²) in [5, 5.41) is 15.8. The zero-order valence-electron chi connectivity index (χ0n) is 39.7. The largest absolute Gasteiger partial charge is 0.508 e. The third-order valence-electron chi connectivity index (χ3n) is 14.1. The van der Waals surface area contributed by atoms with Gasteiger partial charge in [-0.25, -0.2) is 10.4 Å². The number of aromatic nitrogens is 2. The van der Waals surface area contributed by atoms with E-state index in [0.29, 0.717) is 81.6 Å². The van der Waals surface area contributed by atoms with Gasteiger partial charge in [0.1, 0.15) is 23.9 Å². The number of ether oxygens (including phenoxy) is 2. The first kappa shape index (κ1) is 47.4. The van der Waals surface area contributed by atoms with Crippen molar-refractivity contribution in [2.24, 2.45) is 16.7 Å². The van der Waals surface area contributed by atoms with Crippen molar-refractivity contribution in [2.75, 3.05) is 46.5 Å². The number of aromatic hydroxyl groups is 1. The predicted molar refractivity (Wildman–Crippen MR) is 254 cm³/mol. The van der Waals surface area contributed by atoms with Gasteiger partial charge in [0.2, 0.25) is 17.7 Å². The molecule has 6 heterocycles. The summed E-state index contributed by atoms with van der Waals surface area (Å²) in [6, 6.07) is 14.6. The molecule has 0 saturated carbocycles. The van der Waals surface area contributed by atoms with Crippen LogP contribution in [0.25, 0.3) is 33.5 Å². The number of rotatable bonds is 10. The van der Waals surface area contributed by atoms with Crippen LogP contribution in [0, 0.1) is 16.7 Å². The number of phenolic OH excluding ortho intramolecular Hbond substituents is 1. The van der Waals surface area contributed by atoms with E-state index in [2.05, 4.69) is 60.9 Å². The van der Waals surface area contributed by atoms with Crippen LogP contribution in [0.5, 0.6) is 5.75 Å². The molecular weight excluding hydrogens is 851 g/mol. The quantitative estimate of drug-likeness (QED) is 0.134. The molecule has 67 heavy (non-hydrogen) atoms. The SMILES string of the molecule is C=CC(=O)N1CC[C@]2(CCN([C@H](C(=O)N[C@H]3Cc4cc(O)cc(c4)-c4ccc5c(n4)c(c(-c4ccccc4CCOC)n5CC)CC(C)(C)COC(=O)[C@@H]4CCCN(N4)C3=O)C(C)C)C2=O)C1. The lowest BCUT2D eigenvalue weighted by molar-refractivity contribution is -0.155. The number of methoxy groups -OCH3 is 1. The number of benzene rings is 2. The molecule has 15 heteroatoms. The first-order chi connectivity index (χ1) is 32.1. The van der Waals surface area contributed by atoms with Crippen molar-refractivity contribution in [1.82, 2.24) is 35.1 Å². The highest BCUT2D eigenvalue weighted by Gasteiger charge is 2.54. The monoisotopic (exact) mass is 915 g/mol. The van der Waals surface area contributed by atoms with Crippen molar-refractivity contribution < 1.29 is 38.6 Å². The second-order valence-electron chi connectivity index (χ2n) is 19.9. The fourth-order valence-electron chi connectivity index (χ4n) is 10.8. The first-order valence-corrected chi connectivity index (χ1v) is 23.8. The highest BCUT2D eigenvalue weighted by Crippen LogP contribution is 2.43. The number of hydrogen-bond donors (Lipinski definition) is 3. The van der Waals surface area contributed by atoms with Crippen LogP contribution in [0.15, 0.2) is 67.3 Å². The minimum atomic E-state index is -1.16. The molecule has 15 nitrogen and oxygen atoms in total. The lowest BCUT2D eigenvalue weighted by Gasteiger charge is -2.37. The van der Waals surface area contributed by atoms with Crippen LogP contribution in [-0.2, 0) is 59.3 Å². The lowest BCUT2D eigenvalue weighted by Crippen LogP contribution is -2.62. The zero-order chi connectivity index (χ0) is 47.8. The Bertz CT molecular complexity index is 2590. The van der Waals surface area contributed by atoms with Crippen molar-refractivity contribution >= 4 is 40.6 Å². The number of phenols is 1. The molecule has 4 atom stereocenters. The maximum Gasteiger partial charge on any atom is 0.324 e. The third kappa shape index (κ3) is 9.45. The van der Waals surface area contributed by atoms with Crippen LogP contribution in [0.3, 0.4) is 0 Å². The lowest BCUT2D eigenvalue weighted by atomic mass is 9.84. The average molecular weight is 916 g/mol. The van der Waals surface area contributed by atoms with E-state index in [4.69, 9.17) is 14.5 Å². The summed E-state index contributed by atoms with van der Waals surface area (Å²) in [5.41, 5.74) is 9.61. The molecule has 356 valence electrons. The van der Waals surface area contributed by atoms with Crippen molar-refractivity contribution in [2.45, 2.75) is 104 Å². The number of esters is 1.